The number of nitrogens with zero attached hydrogens (tertiary/aromatic N) is 2. The average Bonchev–Trinajstić information content (AvgIpc) is 3.14. The summed E-state index contributed by atoms with van der Waals surface area (Å²) < 4.78 is 10.7. The lowest BCUT2D eigenvalue weighted by molar-refractivity contribution is -0.127. The van der Waals surface area contributed by atoms with Crippen LogP contribution in [-0.2, 0) is 16.1 Å². The molecule has 1 amide bonds. The van der Waals surface area contributed by atoms with Gasteiger partial charge in [0.1, 0.15) is 11.6 Å². The summed E-state index contributed by atoms with van der Waals surface area (Å²) in [6.45, 7) is 4.06. The van der Waals surface area contributed by atoms with E-state index < -0.39 is 0 Å². The molecule has 0 unspecified atom stereocenters. The number of methoxy groups -OCH3 is 1. The van der Waals surface area contributed by atoms with Gasteiger partial charge in [-0.25, -0.2) is 4.98 Å². The van der Waals surface area contributed by atoms with E-state index in [1.807, 2.05) is 18.2 Å². The minimum Gasteiger partial charge on any atom is -0.497 e. The molecular formula is C20H28N4O3. The monoisotopic (exact) mass is 372 g/mol. The Morgan fingerprint density at radius 2 is 2.22 bits per heavy atom. The van der Waals surface area contributed by atoms with Crippen LogP contribution in [0.4, 0.5) is 0 Å². The second kappa shape index (κ2) is 8.27. The SMILES string of the molecule is COc1ccc2nc(CNC(=O)[C@H]3CCCN(C4CCOCC4)C3)[nH]c2c1. The first-order valence-electron chi connectivity index (χ1n) is 9.85. The molecule has 1 aromatic heterocycles. The Kier molecular flexibility index (Phi) is 5.59. The maximum Gasteiger partial charge on any atom is 0.224 e. The fourth-order valence-electron chi connectivity index (χ4n) is 4.17. The Labute approximate surface area is 159 Å². The van der Waals surface area contributed by atoms with Crippen molar-refractivity contribution in [1.29, 1.82) is 0 Å². The summed E-state index contributed by atoms with van der Waals surface area (Å²) in [7, 11) is 1.65. The number of H-pyrrole nitrogens is 1. The van der Waals surface area contributed by atoms with Crippen LogP contribution < -0.4 is 10.1 Å². The third kappa shape index (κ3) is 4.25. The number of rotatable bonds is 5. The Hall–Kier alpha value is -2.12. The maximum absolute atomic E-state index is 12.7. The molecule has 2 aromatic rings. The number of amides is 1. The summed E-state index contributed by atoms with van der Waals surface area (Å²) in [6.07, 6.45) is 4.20. The van der Waals surface area contributed by atoms with Crippen molar-refractivity contribution in [1.82, 2.24) is 20.2 Å². The van der Waals surface area contributed by atoms with Crippen molar-refractivity contribution in [2.24, 2.45) is 5.92 Å². The van der Waals surface area contributed by atoms with E-state index in [0.717, 1.165) is 74.6 Å². The van der Waals surface area contributed by atoms with Gasteiger partial charge in [0.2, 0.25) is 5.91 Å². The number of ether oxygens (including phenoxy) is 2. The summed E-state index contributed by atoms with van der Waals surface area (Å²) in [6, 6.07) is 6.29. The van der Waals surface area contributed by atoms with Crippen molar-refractivity contribution in [3.63, 3.8) is 0 Å². The topological polar surface area (TPSA) is 79.5 Å². The third-order valence-electron chi connectivity index (χ3n) is 5.70. The lowest BCUT2D eigenvalue weighted by Crippen LogP contribution is -2.48. The number of piperidine rings is 1. The minimum atomic E-state index is 0.0612. The van der Waals surface area contributed by atoms with Gasteiger partial charge < -0.3 is 19.8 Å². The number of likely N-dealkylation sites (tertiary alicyclic amines) is 1. The van der Waals surface area contributed by atoms with E-state index in [9.17, 15) is 4.79 Å². The molecule has 0 bridgehead atoms. The number of hydrogen-bond acceptors (Lipinski definition) is 5. The van der Waals surface area contributed by atoms with E-state index in [1.165, 1.54) is 0 Å². The average molecular weight is 372 g/mol. The van der Waals surface area contributed by atoms with Crippen LogP contribution >= 0.6 is 0 Å². The van der Waals surface area contributed by atoms with Crippen LogP contribution in [0.5, 0.6) is 5.75 Å². The summed E-state index contributed by atoms with van der Waals surface area (Å²) >= 11 is 0. The van der Waals surface area contributed by atoms with E-state index in [2.05, 4.69) is 20.2 Å². The van der Waals surface area contributed by atoms with E-state index >= 15 is 0 Å². The van der Waals surface area contributed by atoms with Gasteiger partial charge in [-0.1, -0.05) is 0 Å². The Balaban J connectivity index is 1.33. The Bertz CT molecular complexity index is 785. The number of carbonyl (C=O) groups excluding carboxylic acids is 1. The number of nitrogens with one attached hydrogen (secondary N) is 2. The molecule has 2 aliphatic heterocycles. The van der Waals surface area contributed by atoms with Crippen LogP contribution in [0.25, 0.3) is 11.0 Å². The number of hydrogen-bond donors (Lipinski definition) is 2. The van der Waals surface area contributed by atoms with Gasteiger partial charge in [0.15, 0.2) is 0 Å². The molecule has 2 aliphatic rings. The molecule has 2 saturated heterocycles. The Morgan fingerprint density at radius 1 is 1.37 bits per heavy atom. The highest BCUT2D eigenvalue weighted by Crippen LogP contribution is 2.23. The smallest absolute Gasteiger partial charge is 0.224 e. The molecule has 0 saturated carbocycles. The fraction of sp³-hybridized carbons (Fsp3) is 0.600. The summed E-state index contributed by atoms with van der Waals surface area (Å²) in [4.78, 5) is 23.0. The van der Waals surface area contributed by atoms with Gasteiger partial charge in [-0.05, 0) is 44.4 Å². The summed E-state index contributed by atoms with van der Waals surface area (Å²) in [5.74, 6) is 1.75. The highest BCUT2D eigenvalue weighted by Gasteiger charge is 2.30. The summed E-state index contributed by atoms with van der Waals surface area (Å²) in [5, 5.41) is 3.07. The predicted octanol–water partition coefficient (Wildman–Crippen LogP) is 2.08. The normalized spacial score (nSPS) is 22.0. The van der Waals surface area contributed by atoms with E-state index in [-0.39, 0.29) is 11.8 Å². The van der Waals surface area contributed by atoms with Gasteiger partial charge in [-0.15, -0.1) is 0 Å². The molecule has 2 N–H and O–H groups in total. The lowest BCUT2D eigenvalue weighted by atomic mass is 9.94. The molecule has 2 fully saturated rings. The van der Waals surface area contributed by atoms with Crippen LogP contribution in [0, 0.1) is 5.92 Å². The van der Waals surface area contributed by atoms with E-state index in [4.69, 9.17) is 9.47 Å². The second-order valence-corrected chi connectivity index (χ2v) is 7.46. The van der Waals surface area contributed by atoms with Crippen molar-refractivity contribution >= 4 is 16.9 Å². The van der Waals surface area contributed by atoms with Crippen LogP contribution in [0.1, 0.15) is 31.5 Å². The molecule has 7 heteroatoms. The molecular weight excluding hydrogens is 344 g/mol. The molecule has 0 aliphatic carbocycles. The van der Waals surface area contributed by atoms with Gasteiger partial charge in [0.25, 0.3) is 0 Å². The van der Waals surface area contributed by atoms with Crippen molar-refractivity contribution < 1.29 is 14.3 Å². The second-order valence-electron chi connectivity index (χ2n) is 7.46. The number of imidazole rings is 1. The molecule has 146 valence electrons. The zero-order chi connectivity index (χ0) is 18.6. The molecule has 3 heterocycles. The van der Waals surface area contributed by atoms with Crippen LogP contribution in [-0.4, -0.2) is 60.2 Å². The molecule has 0 spiro atoms. The molecule has 1 aromatic carbocycles. The predicted molar refractivity (Wildman–Crippen MR) is 103 cm³/mol. The molecule has 7 nitrogen and oxygen atoms in total. The minimum absolute atomic E-state index is 0.0612. The highest BCUT2D eigenvalue weighted by atomic mass is 16.5. The molecule has 0 radical (unpaired) electrons. The summed E-state index contributed by atoms with van der Waals surface area (Å²) in [5.41, 5.74) is 1.80. The third-order valence-corrected chi connectivity index (χ3v) is 5.70. The zero-order valence-corrected chi connectivity index (χ0v) is 15.9. The molecule has 4 rings (SSSR count). The quantitative estimate of drug-likeness (QED) is 0.840. The van der Waals surface area contributed by atoms with Gasteiger partial charge in [-0.3, -0.25) is 9.69 Å². The van der Waals surface area contributed by atoms with Gasteiger partial charge in [-0.2, -0.15) is 0 Å². The first kappa shape index (κ1) is 18.3. The fourth-order valence-corrected chi connectivity index (χ4v) is 4.17. The Morgan fingerprint density at radius 3 is 3.04 bits per heavy atom. The number of carbonyl (C=O) groups is 1. The first-order valence-corrected chi connectivity index (χ1v) is 9.85. The maximum atomic E-state index is 12.7. The van der Waals surface area contributed by atoms with Crippen molar-refractivity contribution in [2.45, 2.75) is 38.3 Å². The van der Waals surface area contributed by atoms with Gasteiger partial charge in [0, 0.05) is 31.9 Å². The first-order chi connectivity index (χ1) is 13.2. The molecule has 27 heavy (non-hydrogen) atoms. The van der Waals surface area contributed by atoms with Gasteiger partial charge in [0.05, 0.1) is 30.6 Å². The van der Waals surface area contributed by atoms with Crippen molar-refractivity contribution in [3.05, 3.63) is 24.0 Å². The van der Waals surface area contributed by atoms with Crippen LogP contribution in [0.2, 0.25) is 0 Å². The van der Waals surface area contributed by atoms with E-state index in [1.54, 1.807) is 7.11 Å². The van der Waals surface area contributed by atoms with Crippen molar-refractivity contribution in [2.75, 3.05) is 33.4 Å². The van der Waals surface area contributed by atoms with E-state index in [0.29, 0.717) is 12.6 Å². The number of aromatic amines is 1. The zero-order valence-electron chi connectivity index (χ0n) is 15.9. The largest absolute Gasteiger partial charge is 0.497 e. The standard InChI is InChI=1S/C20H28N4O3/c1-26-16-4-5-17-18(11-16)23-19(22-17)12-21-20(25)14-3-2-8-24(13-14)15-6-9-27-10-7-15/h4-5,11,14-15H,2-3,6-10,12-13H2,1H3,(H,21,25)(H,22,23)/t14-/m0/s1. The highest BCUT2D eigenvalue weighted by molar-refractivity contribution is 5.79. The van der Waals surface area contributed by atoms with Gasteiger partial charge >= 0.3 is 0 Å². The number of aromatic nitrogens is 2. The van der Waals surface area contributed by atoms with Crippen LogP contribution in [0.15, 0.2) is 18.2 Å². The van der Waals surface area contributed by atoms with Crippen molar-refractivity contribution in [3.8, 4) is 5.75 Å². The number of fused-ring (bicyclic) bond motifs is 1. The molecule has 1 atom stereocenters. The number of benzene rings is 1. The van der Waals surface area contributed by atoms with Crippen LogP contribution in [0.3, 0.4) is 0 Å². The lowest BCUT2D eigenvalue weighted by Gasteiger charge is -2.39.